The normalized spacial score (nSPS) is 32.6. The Morgan fingerprint density at radius 2 is 2.00 bits per heavy atom. The molecule has 0 amide bonds. The van der Waals surface area contributed by atoms with Crippen LogP contribution in [0.3, 0.4) is 0 Å². The lowest BCUT2D eigenvalue weighted by atomic mass is 9.69. The minimum atomic E-state index is 0.289. The van der Waals surface area contributed by atoms with Gasteiger partial charge in [0.15, 0.2) is 0 Å². The van der Waals surface area contributed by atoms with Gasteiger partial charge in [-0.05, 0) is 100 Å². The lowest BCUT2D eigenvalue weighted by Crippen LogP contribution is -2.46. The zero-order valence-electron chi connectivity index (χ0n) is 16.3. The van der Waals surface area contributed by atoms with Crippen LogP contribution in [-0.2, 0) is 5.41 Å². The van der Waals surface area contributed by atoms with Crippen molar-refractivity contribution in [3.8, 4) is 5.75 Å². The molecule has 1 saturated heterocycles. The maximum atomic E-state index is 6.32. The highest BCUT2D eigenvalue weighted by Gasteiger charge is 2.41. The minimum absolute atomic E-state index is 0.289. The van der Waals surface area contributed by atoms with Crippen molar-refractivity contribution < 1.29 is 4.74 Å². The van der Waals surface area contributed by atoms with Crippen LogP contribution in [-0.4, -0.2) is 31.1 Å². The molecular formula is C24H32ClNO. The van der Waals surface area contributed by atoms with Gasteiger partial charge in [0.05, 0.1) is 6.61 Å². The van der Waals surface area contributed by atoms with Crippen LogP contribution in [0.5, 0.6) is 5.75 Å². The van der Waals surface area contributed by atoms with E-state index in [4.69, 9.17) is 16.3 Å². The Hall–Kier alpha value is -0.990. The topological polar surface area (TPSA) is 12.5 Å². The first-order chi connectivity index (χ1) is 13.2. The van der Waals surface area contributed by atoms with Crippen LogP contribution in [0, 0.1) is 17.8 Å². The zero-order chi connectivity index (χ0) is 18.3. The fourth-order valence-electron chi connectivity index (χ4n) is 6.24. The van der Waals surface area contributed by atoms with E-state index in [0.717, 1.165) is 41.6 Å². The maximum absolute atomic E-state index is 6.32. The van der Waals surface area contributed by atoms with Gasteiger partial charge in [0.25, 0.3) is 0 Å². The lowest BCUT2D eigenvalue weighted by molar-refractivity contribution is 0.102. The van der Waals surface area contributed by atoms with Crippen molar-refractivity contribution >= 4 is 11.6 Å². The van der Waals surface area contributed by atoms with E-state index < -0.39 is 0 Å². The zero-order valence-corrected chi connectivity index (χ0v) is 17.1. The Morgan fingerprint density at radius 3 is 2.89 bits per heavy atom. The van der Waals surface area contributed by atoms with Gasteiger partial charge < -0.3 is 9.64 Å². The second-order valence-electron chi connectivity index (χ2n) is 9.52. The average Bonchev–Trinajstić information content (AvgIpc) is 2.82. The van der Waals surface area contributed by atoms with Crippen molar-refractivity contribution in [1.29, 1.82) is 0 Å². The molecule has 2 nitrogen and oxygen atoms in total. The third-order valence-corrected chi connectivity index (χ3v) is 8.05. The third kappa shape index (κ3) is 3.68. The van der Waals surface area contributed by atoms with Crippen LogP contribution in [0.1, 0.15) is 56.9 Å². The number of rotatable bonds is 2. The first-order valence-corrected chi connectivity index (χ1v) is 11.4. The summed E-state index contributed by atoms with van der Waals surface area (Å²) in [6.45, 7) is 4.62. The number of piperidine rings is 1. The van der Waals surface area contributed by atoms with E-state index in [1.54, 1.807) is 0 Å². The molecule has 3 atom stereocenters. The van der Waals surface area contributed by atoms with Crippen LogP contribution >= 0.6 is 11.6 Å². The number of hydrogen-bond donors (Lipinski definition) is 0. The van der Waals surface area contributed by atoms with Crippen molar-refractivity contribution in [2.75, 3.05) is 26.2 Å². The summed E-state index contributed by atoms with van der Waals surface area (Å²) in [7, 11) is 0. The third-order valence-electron chi connectivity index (χ3n) is 7.81. The van der Waals surface area contributed by atoms with Crippen molar-refractivity contribution in [2.24, 2.45) is 17.8 Å². The molecule has 5 rings (SSSR count). The van der Waals surface area contributed by atoms with Crippen LogP contribution in [0.2, 0.25) is 5.02 Å². The molecule has 1 spiro atoms. The average molecular weight is 386 g/mol. The molecule has 0 N–H and O–H groups in total. The molecule has 27 heavy (non-hydrogen) atoms. The summed E-state index contributed by atoms with van der Waals surface area (Å²) in [5.74, 6) is 3.80. The van der Waals surface area contributed by atoms with Crippen LogP contribution in [0.4, 0.5) is 0 Å². The summed E-state index contributed by atoms with van der Waals surface area (Å²) in [6.07, 6.45) is 15.7. The summed E-state index contributed by atoms with van der Waals surface area (Å²) in [5, 5.41) is 0.846. The molecule has 0 unspecified atom stereocenters. The lowest BCUT2D eigenvalue weighted by Gasteiger charge is -2.45. The van der Waals surface area contributed by atoms with E-state index in [-0.39, 0.29) is 5.41 Å². The predicted octanol–water partition coefficient (Wildman–Crippen LogP) is 5.84. The van der Waals surface area contributed by atoms with E-state index in [9.17, 15) is 0 Å². The number of likely N-dealkylation sites (tertiary alicyclic amines) is 1. The monoisotopic (exact) mass is 385 g/mol. The maximum Gasteiger partial charge on any atom is 0.123 e. The van der Waals surface area contributed by atoms with Gasteiger partial charge in [0, 0.05) is 22.5 Å². The number of nitrogens with zero attached hydrogens (tertiary/aromatic N) is 1. The largest absolute Gasteiger partial charge is 0.493 e. The van der Waals surface area contributed by atoms with E-state index in [0.29, 0.717) is 0 Å². The van der Waals surface area contributed by atoms with Crippen LogP contribution in [0.15, 0.2) is 30.4 Å². The van der Waals surface area contributed by atoms with Gasteiger partial charge in [-0.3, -0.25) is 0 Å². The van der Waals surface area contributed by atoms with Gasteiger partial charge >= 0.3 is 0 Å². The SMILES string of the molecule is Clc1ccc2c(c1)C1(CCO2)CCN(C[C@H]2CC[C@H]3CC=C[C@@H](C3)C2)CC1. The molecule has 1 aromatic rings. The smallest absolute Gasteiger partial charge is 0.123 e. The summed E-state index contributed by atoms with van der Waals surface area (Å²) >= 11 is 6.32. The van der Waals surface area contributed by atoms with E-state index >= 15 is 0 Å². The van der Waals surface area contributed by atoms with Crippen LogP contribution < -0.4 is 4.74 Å². The Balaban J connectivity index is 1.24. The minimum Gasteiger partial charge on any atom is -0.493 e. The van der Waals surface area contributed by atoms with Gasteiger partial charge in [0.2, 0.25) is 0 Å². The molecule has 146 valence electrons. The summed E-state index contributed by atoms with van der Waals surface area (Å²) < 4.78 is 5.93. The quantitative estimate of drug-likeness (QED) is 0.593. The van der Waals surface area contributed by atoms with Gasteiger partial charge in [-0.1, -0.05) is 23.8 Å². The molecular weight excluding hydrogens is 354 g/mol. The second-order valence-corrected chi connectivity index (χ2v) is 9.96. The molecule has 0 radical (unpaired) electrons. The fraction of sp³-hybridized carbons (Fsp3) is 0.667. The summed E-state index contributed by atoms with van der Waals surface area (Å²) in [5.41, 5.74) is 1.66. The molecule has 2 aliphatic carbocycles. The number of hydrogen-bond acceptors (Lipinski definition) is 2. The van der Waals surface area contributed by atoms with Crippen molar-refractivity contribution in [2.45, 2.75) is 56.8 Å². The van der Waals surface area contributed by atoms with E-state index in [2.05, 4.69) is 29.2 Å². The van der Waals surface area contributed by atoms with E-state index in [1.807, 2.05) is 6.07 Å². The second kappa shape index (κ2) is 7.44. The van der Waals surface area contributed by atoms with Crippen molar-refractivity contribution in [3.63, 3.8) is 0 Å². The molecule has 1 aromatic carbocycles. The van der Waals surface area contributed by atoms with Gasteiger partial charge in [-0.2, -0.15) is 0 Å². The van der Waals surface area contributed by atoms with Crippen molar-refractivity contribution in [1.82, 2.24) is 4.90 Å². The number of allylic oxidation sites excluding steroid dienone is 2. The number of benzene rings is 1. The highest BCUT2D eigenvalue weighted by Crippen LogP contribution is 2.47. The number of halogens is 1. The first kappa shape index (κ1) is 18.1. The Kier molecular flexibility index (Phi) is 4.98. The Morgan fingerprint density at radius 1 is 1.11 bits per heavy atom. The number of ether oxygens (including phenoxy) is 1. The predicted molar refractivity (Wildman–Crippen MR) is 112 cm³/mol. The van der Waals surface area contributed by atoms with Crippen molar-refractivity contribution in [3.05, 3.63) is 40.9 Å². The highest BCUT2D eigenvalue weighted by molar-refractivity contribution is 6.30. The fourth-order valence-corrected chi connectivity index (χ4v) is 6.41. The Bertz CT molecular complexity index is 706. The molecule has 0 aromatic heterocycles. The Labute approximate surface area is 168 Å². The van der Waals surface area contributed by atoms with Crippen LogP contribution in [0.25, 0.3) is 0 Å². The molecule has 2 bridgehead atoms. The molecule has 2 fully saturated rings. The van der Waals surface area contributed by atoms with Gasteiger partial charge in [-0.15, -0.1) is 0 Å². The molecule has 4 aliphatic rings. The molecule has 3 heteroatoms. The summed E-state index contributed by atoms with van der Waals surface area (Å²) in [4.78, 5) is 2.76. The highest BCUT2D eigenvalue weighted by atomic mass is 35.5. The van der Waals surface area contributed by atoms with Gasteiger partial charge in [0.1, 0.15) is 5.75 Å². The van der Waals surface area contributed by atoms with Gasteiger partial charge in [-0.25, -0.2) is 0 Å². The van der Waals surface area contributed by atoms with E-state index in [1.165, 1.54) is 70.1 Å². The molecule has 2 heterocycles. The standard InChI is InChI=1S/C24H32ClNO/c25-21-6-7-23-22(16-21)24(10-13-27-23)8-11-26(12-9-24)17-20-5-4-18-2-1-3-19(14-18)15-20/h1,3,6-7,16,18-20H,2,4-5,8-15,17H2/t18-,19+,20+/m1/s1. The first-order valence-electron chi connectivity index (χ1n) is 11.0. The number of fused-ring (bicyclic) bond motifs is 4. The summed E-state index contributed by atoms with van der Waals surface area (Å²) in [6, 6.07) is 6.21. The molecule has 1 saturated carbocycles. The molecule has 2 aliphatic heterocycles.